The van der Waals surface area contributed by atoms with E-state index in [9.17, 15) is 22.8 Å². The molecule has 0 aliphatic heterocycles. The molecular weight excluding hydrogens is 291 g/mol. The van der Waals surface area contributed by atoms with Crippen molar-refractivity contribution in [1.82, 2.24) is 4.90 Å². The number of esters is 1. The number of carbonyl (C=O) groups is 2. The topological polar surface area (TPSA) is 66.8 Å². The largest absolute Gasteiger partial charge is 0.465 e. The number of hydrogen-bond acceptors (Lipinski definition) is 4. The second-order valence-corrected chi connectivity index (χ2v) is 4.32. The number of aliphatic hydroxyl groups excluding tert-OH is 1. The van der Waals surface area contributed by atoms with Crippen molar-refractivity contribution in [3.05, 3.63) is 35.4 Å². The van der Waals surface area contributed by atoms with Crippen molar-refractivity contribution in [2.75, 3.05) is 20.7 Å². The number of ether oxygens (including phenoxy) is 1. The van der Waals surface area contributed by atoms with E-state index in [4.69, 9.17) is 5.11 Å². The van der Waals surface area contributed by atoms with Gasteiger partial charge in [0.25, 0.3) is 5.91 Å². The zero-order chi connectivity index (χ0) is 16.2. The van der Waals surface area contributed by atoms with Crippen molar-refractivity contribution in [3.8, 4) is 0 Å². The second-order valence-electron chi connectivity index (χ2n) is 4.32. The van der Waals surface area contributed by atoms with Crippen LogP contribution in [0.3, 0.4) is 0 Å². The van der Waals surface area contributed by atoms with Crippen LogP contribution in [-0.2, 0) is 4.74 Å². The smallest absolute Gasteiger partial charge is 0.416 e. The minimum atomic E-state index is -4.80. The highest BCUT2D eigenvalue weighted by Gasteiger charge is 2.39. The maximum Gasteiger partial charge on any atom is 0.416 e. The predicted molar refractivity (Wildman–Crippen MR) is 66.8 cm³/mol. The van der Waals surface area contributed by atoms with Crippen LogP contribution in [0.1, 0.15) is 20.7 Å². The Hall–Kier alpha value is -2.09. The molecule has 116 valence electrons. The Morgan fingerprint density at radius 1 is 1.33 bits per heavy atom. The summed E-state index contributed by atoms with van der Waals surface area (Å²) >= 11 is 0. The molecule has 1 atom stereocenters. The lowest BCUT2D eigenvalue weighted by atomic mass is 10.1. The van der Waals surface area contributed by atoms with Gasteiger partial charge in [-0.25, -0.2) is 4.79 Å². The summed E-state index contributed by atoms with van der Waals surface area (Å²) in [5.74, 6) is -1.41. The van der Waals surface area contributed by atoms with E-state index in [2.05, 4.69) is 4.74 Å². The highest BCUT2D eigenvalue weighted by atomic mass is 19.4. The Balaban J connectivity index is 2.86. The molecule has 21 heavy (non-hydrogen) atoms. The molecule has 0 fully saturated rings. The summed E-state index contributed by atoms with van der Waals surface area (Å²) in [5.41, 5.74) is 0.128. The van der Waals surface area contributed by atoms with Gasteiger partial charge in [0.1, 0.15) is 0 Å². The zero-order valence-corrected chi connectivity index (χ0v) is 11.3. The standard InChI is InChI=1S/C13H14F3NO4/c1-17(7-10(18)13(14,15)16)11(19)8-4-3-5-9(6-8)12(20)21-2/h3-6,10,18H,7H2,1-2H3/t10-/m0/s1. The molecular formula is C13H14F3NO4. The molecule has 1 amide bonds. The summed E-state index contributed by atoms with van der Waals surface area (Å²) in [5, 5.41) is 8.94. The van der Waals surface area contributed by atoms with E-state index in [-0.39, 0.29) is 11.1 Å². The average Bonchev–Trinajstić information content (AvgIpc) is 2.44. The molecule has 0 saturated carbocycles. The van der Waals surface area contributed by atoms with Gasteiger partial charge < -0.3 is 14.7 Å². The van der Waals surface area contributed by atoms with Crippen LogP contribution >= 0.6 is 0 Å². The second kappa shape index (κ2) is 6.57. The summed E-state index contributed by atoms with van der Waals surface area (Å²) in [7, 11) is 2.30. The van der Waals surface area contributed by atoms with Gasteiger partial charge in [-0.15, -0.1) is 0 Å². The van der Waals surface area contributed by atoms with Gasteiger partial charge in [0.05, 0.1) is 19.2 Å². The van der Waals surface area contributed by atoms with Crippen LogP contribution in [0.25, 0.3) is 0 Å². The highest BCUT2D eigenvalue weighted by Crippen LogP contribution is 2.21. The Kier molecular flexibility index (Phi) is 5.31. The van der Waals surface area contributed by atoms with Crippen LogP contribution in [0, 0.1) is 0 Å². The molecule has 1 rings (SSSR count). The zero-order valence-electron chi connectivity index (χ0n) is 11.3. The van der Waals surface area contributed by atoms with Crippen molar-refractivity contribution in [3.63, 3.8) is 0 Å². The van der Waals surface area contributed by atoms with Gasteiger partial charge in [-0.3, -0.25) is 4.79 Å². The minimum absolute atomic E-state index is 0.0229. The number of likely N-dealkylation sites (N-methyl/N-ethyl adjacent to an activating group) is 1. The van der Waals surface area contributed by atoms with Gasteiger partial charge in [-0.2, -0.15) is 13.2 Å². The molecule has 5 nitrogen and oxygen atoms in total. The summed E-state index contributed by atoms with van der Waals surface area (Å²) in [6.07, 6.45) is -7.43. The number of alkyl halides is 3. The number of halogens is 3. The summed E-state index contributed by atoms with van der Waals surface area (Å²) in [6.45, 7) is -0.898. The van der Waals surface area contributed by atoms with Crippen molar-refractivity contribution in [2.45, 2.75) is 12.3 Å². The molecule has 0 aromatic heterocycles. The van der Waals surface area contributed by atoms with E-state index in [1.807, 2.05) is 0 Å². The van der Waals surface area contributed by atoms with Crippen molar-refractivity contribution in [2.24, 2.45) is 0 Å². The number of aliphatic hydroxyl groups is 1. The molecule has 0 radical (unpaired) electrons. The molecule has 8 heteroatoms. The molecule has 0 aliphatic rings. The first-order valence-electron chi connectivity index (χ1n) is 5.85. The summed E-state index contributed by atoms with van der Waals surface area (Å²) < 4.78 is 41.2. The van der Waals surface area contributed by atoms with Gasteiger partial charge >= 0.3 is 12.1 Å². The lowest BCUT2D eigenvalue weighted by Crippen LogP contribution is -2.41. The molecule has 0 saturated heterocycles. The Bertz CT molecular complexity index is 530. The van der Waals surface area contributed by atoms with Crippen LogP contribution in [0.2, 0.25) is 0 Å². The van der Waals surface area contributed by atoms with Crippen LogP contribution in [0.15, 0.2) is 24.3 Å². The van der Waals surface area contributed by atoms with Crippen LogP contribution < -0.4 is 0 Å². The Labute approximate surface area is 118 Å². The fourth-order valence-corrected chi connectivity index (χ4v) is 1.56. The first-order chi connectivity index (χ1) is 9.66. The maximum absolute atomic E-state index is 12.2. The molecule has 0 unspecified atom stereocenters. The maximum atomic E-state index is 12.2. The van der Waals surface area contributed by atoms with E-state index in [0.717, 1.165) is 11.9 Å². The third-order valence-electron chi connectivity index (χ3n) is 2.70. The quantitative estimate of drug-likeness (QED) is 0.855. The SMILES string of the molecule is COC(=O)c1cccc(C(=O)N(C)C[C@H](O)C(F)(F)F)c1. The lowest BCUT2D eigenvalue weighted by Gasteiger charge is -2.22. The number of nitrogens with zero attached hydrogens (tertiary/aromatic N) is 1. The van der Waals surface area contributed by atoms with Gasteiger partial charge in [-0.05, 0) is 18.2 Å². The Morgan fingerprint density at radius 2 is 1.90 bits per heavy atom. The van der Waals surface area contributed by atoms with Gasteiger partial charge in [0.2, 0.25) is 0 Å². The molecule has 0 bridgehead atoms. The average molecular weight is 305 g/mol. The van der Waals surface area contributed by atoms with Crippen LogP contribution in [0.4, 0.5) is 13.2 Å². The third-order valence-corrected chi connectivity index (χ3v) is 2.70. The van der Waals surface area contributed by atoms with E-state index < -0.39 is 30.7 Å². The number of hydrogen-bond donors (Lipinski definition) is 1. The monoisotopic (exact) mass is 305 g/mol. The number of benzene rings is 1. The predicted octanol–water partition coefficient (Wildman–Crippen LogP) is 1.47. The summed E-state index contributed by atoms with van der Waals surface area (Å²) in [6, 6.07) is 5.39. The molecule has 1 aromatic carbocycles. The molecule has 0 heterocycles. The fourth-order valence-electron chi connectivity index (χ4n) is 1.56. The van der Waals surface area contributed by atoms with Gasteiger partial charge in [0.15, 0.2) is 6.10 Å². The molecule has 0 spiro atoms. The highest BCUT2D eigenvalue weighted by molar-refractivity contribution is 5.97. The lowest BCUT2D eigenvalue weighted by molar-refractivity contribution is -0.205. The third kappa shape index (κ3) is 4.45. The van der Waals surface area contributed by atoms with E-state index >= 15 is 0 Å². The van der Waals surface area contributed by atoms with Crippen molar-refractivity contribution < 1.29 is 32.6 Å². The van der Waals surface area contributed by atoms with E-state index in [1.54, 1.807) is 0 Å². The normalized spacial score (nSPS) is 12.7. The minimum Gasteiger partial charge on any atom is -0.465 e. The molecule has 1 aromatic rings. The fraction of sp³-hybridized carbons (Fsp3) is 0.385. The van der Waals surface area contributed by atoms with Gasteiger partial charge in [-0.1, -0.05) is 6.07 Å². The van der Waals surface area contributed by atoms with Crippen LogP contribution in [0.5, 0.6) is 0 Å². The van der Waals surface area contributed by atoms with E-state index in [1.165, 1.54) is 31.4 Å². The number of methoxy groups -OCH3 is 1. The summed E-state index contributed by atoms with van der Waals surface area (Å²) in [4.78, 5) is 24.0. The van der Waals surface area contributed by atoms with Crippen molar-refractivity contribution >= 4 is 11.9 Å². The molecule has 1 N–H and O–H groups in total. The molecule has 0 aliphatic carbocycles. The number of amides is 1. The first kappa shape index (κ1) is 17.0. The van der Waals surface area contributed by atoms with Gasteiger partial charge in [0, 0.05) is 12.6 Å². The first-order valence-corrected chi connectivity index (χ1v) is 5.85. The Morgan fingerprint density at radius 3 is 2.43 bits per heavy atom. The van der Waals surface area contributed by atoms with Crippen molar-refractivity contribution in [1.29, 1.82) is 0 Å². The number of carbonyl (C=O) groups excluding carboxylic acids is 2. The van der Waals surface area contributed by atoms with Crippen LogP contribution in [-0.4, -0.2) is 54.9 Å². The number of rotatable bonds is 4. The van der Waals surface area contributed by atoms with E-state index in [0.29, 0.717) is 0 Å².